The van der Waals surface area contributed by atoms with Gasteiger partial charge in [-0.2, -0.15) is 0 Å². The highest BCUT2D eigenvalue weighted by Gasteiger charge is 2.00. The van der Waals surface area contributed by atoms with E-state index in [0.717, 1.165) is 13.1 Å². The molecule has 0 aromatic carbocycles. The van der Waals surface area contributed by atoms with Crippen molar-refractivity contribution in [3.05, 3.63) is 23.9 Å². The van der Waals surface area contributed by atoms with E-state index in [-0.39, 0.29) is 0 Å². The topological polar surface area (TPSA) is 37.4 Å². The van der Waals surface area contributed by atoms with E-state index < -0.39 is 0 Å². The van der Waals surface area contributed by atoms with Crippen LogP contribution >= 0.6 is 0 Å². The molecule has 0 aliphatic heterocycles. The predicted molar refractivity (Wildman–Crippen MR) is 70.3 cm³/mol. The van der Waals surface area contributed by atoms with Gasteiger partial charge in [-0.1, -0.05) is 13.8 Å². The Morgan fingerprint density at radius 3 is 2.82 bits per heavy atom. The van der Waals surface area contributed by atoms with Crippen molar-refractivity contribution in [1.29, 1.82) is 0 Å². The Labute approximate surface area is 104 Å². The number of rotatable bonds is 7. The molecule has 0 aliphatic carbocycles. The van der Waals surface area contributed by atoms with Gasteiger partial charge in [-0.3, -0.25) is 0 Å². The van der Waals surface area contributed by atoms with Crippen molar-refractivity contribution in [2.24, 2.45) is 0 Å². The number of nitrogens with zero attached hydrogens (tertiary/aromatic N) is 2. The highest BCUT2D eigenvalue weighted by Crippen LogP contribution is 2.09. The zero-order valence-electron chi connectivity index (χ0n) is 11.2. The molecule has 96 valence electrons. The average Bonchev–Trinajstić information content (AvgIpc) is 2.26. The minimum atomic E-state index is 0.487. The lowest BCUT2D eigenvalue weighted by Gasteiger charge is -2.11. The van der Waals surface area contributed by atoms with Crippen LogP contribution in [0.5, 0.6) is 5.88 Å². The number of pyridine rings is 1. The minimum Gasteiger partial charge on any atom is -0.476 e. The van der Waals surface area contributed by atoms with Crippen molar-refractivity contribution >= 4 is 0 Å². The van der Waals surface area contributed by atoms with E-state index in [2.05, 4.69) is 29.0 Å². The largest absolute Gasteiger partial charge is 0.476 e. The first kappa shape index (κ1) is 13.9. The molecule has 4 heteroatoms. The Hall–Kier alpha value is -1.13. The van der Waals surface area contributed by atoms with Gasteiger partial charge in [0.05, 0.1) is 0 Å². The van der Waals surface area contributed by atoms with E-state index in [1.165, 1.54) is 5.56 Å². The van der Waals surface area contributed by atoms with Crippen LogP contribution in [0.3, 0.4) is 0 Å². The Balaban J connectivity index is 2.42. The first-order chi connectivity index (χ1) is 8.08. The summed E-state index contributed by atoms with van der Waals surface area (Å²) in [6, 6.07) is 4.49. The zero-order chi connectivity index (χ0) is 12.7. The maximum atomic E-state index is 5.58. The molecule has 0 spiro atoms. The summed E-state index contributed by atoms with van der Waals surface area (Å²) in [5.41, 5.74) is 1.20. The molecular weight excluding hydrogens is 214 g/mol. The first-order valence-corrected chi connectivity index (χ1v) is 6.04. The summed E-state index contributed by atoms with van der Waals surface area (Å²) >= 11 is 0. The molecule has 0 bridgehead atoms. The highest BCUT2D eigenvalue weighted by molar-refractivity contribution is 5.20. The summed E-state index contributed by atoms with van der Waals surface area (Å²) in [6.07, 6.45) is 1.79. The van der Waals surface area contributed by atoms with Gasteiger partial charge in [-0.15, -0.1) is 0 Å². The second-order valence-electron chi connectivity index (χ2n) is 4.69. The summed E-state index contributed by atoms with van der Waals surface area (Å²) in [4.78, 5) is 6.28. The molecule has 0 saturated carbocycles. The lowest BCUT2D eigenvalue weighted by atomic mass is 10.2. The van der Waals surface area contributed by atoms with E-state index in [1.54, 1.807) is 6.20 Å². The monoisotopic (exact) mass is 237 g/mol. The highest BCUT2D eigenvalue weighted by atomic mass is 16.5. The van der Waals surface area contributed by atoms with Crippen LogP contribution in [0.15, 0.2) is 18.3 Å². The first-order valence-electron chi connectivity index (χ1n) is 6.04. The second kappa shape index (κ2) is 7.25. The van der Waals surface area contributed by atoms with Crippen LogP contribution in [0.2, 0.25) is 0 Å². The standard InChI is InChI=1S/C13H23N3O/c1-11(2)15-10-12-5-6-14-13(9-12)17-8-7-16(3)4/h5-6,9,11,15H,7-8,10H2,1-4H3. The number of ether oxygens (including phenoxy) is 1. The maximum absolute atomic E-state index is 5.58. The molecule has 0 fully saturated rings. The van der Waals surface area contributed by atoms with Crippen LogP contribution in [-0.2, 0) is 6.54 Å². The molecular formula is C13H23N3O. The minimum absolute atomic E-state index is 0.487. The van der Waals surface area contributed by atoms with Gasteiger partial charge in [0.1, 0.15) is 6.61 Å². The summed E-state index contributed by atoms with van der Waals surface area (Å²) in [6.45, 7) is 6.69. The number of hydrogen-bond donors (Lipinski definition) is 1. The maximum Gasteiger partial charge on any atom is 0.213 e. The Morgan fingerprint density at radius 1 is 1.41 bits per heavy atom. The summed E-state index contributed by atoms with van der Waals surface area (Å²) in [5, 5.41) is 3.37. The van der Waals surface area contributed by atoms with E-state index in [1.807, 2.05) is 26.2 Å². The fourth-order valence-corrected chi connectivity index (χ4v) is 1.29. The van der Waals surface area contributed by atoms with Crippen molar-refractivity contribution in [3.8, 4) is 5.88 Å². The van der Waals surface area contributed by atoms with Crippen molar-refractivity contribution in [1.82, 2.24) is 15.2 Å². The van der Waals surface area contributed by atoms with Crippen molar-refractivity contribution in [3.63, 3.8) is 0 Å². The molecule has 0 aliphatic rings. The fourth-order valence-electron chi connectivity index (χ4n) is 1.29. The molecule has 0 unspecified atom stereocenters. The van der Waals surface area contributed by atoms with Crippen molar-refractivity contribution < 1.29 is 4.74 Å². The van der Waals surface area contributed by atoms with Crippen molar-refractivity contribution in [2.75, 3.05) is 27.2 Å². The van der Waals surface area contributed by atoms with Crippen LogP contribution in [0, 0.1) is 0 Å². The Morgan fingerprint density at radius 2 is 2.18 bits per heavy atom. The number of aromatic nitrogens is 1. The lowest BCUT2D eigenvalue weighted by Crippen LogP contribution is -2.22. The molecule has 0 saturated heterocycles. The Bertz CT molecular complexity index is 326. The third kappa shape index (κ3) is 6.24. The predicted octanol–water partition coefficient (Wildman–Crippen LogP) is 1.52. The lowest BCUT2D eigenvalue weighted by molar-refractivity contribution is 0.253. The molecule has 1 heterocycles. The van der Waals surface area contributed by atoms with E-state index in [9.17, 15) is 0 Å². The summed E-state index contributed by atoms with van der Waals surface area (Å²) in [7, 11) is 4.06. The number of likely N-dealkylation sites (N-methyl/N-ethyl adjacent to an activating group) is 1. The smallest absolute Gasteiger partial charge is 0.213 e. The third-order valence-electron chi connectivity index (χ3n) is 2.30. The number of nitrogens with one attached hydrogen (secondary N) is 1. The quantitative estimate of drug-likeness (QED) is 0.780. The van der Waals surface area contributed by atoms with Gasteiger partial charge in [0.2, 0.25) is 5.88 Å². The van der Waals surface area contributed by atoms with Gasteiger partial charge < -0.3 is 15.0 Å². The molecule has 1 N–H and O–H groups in total. The second-order valence-corrected chi connectivity index (χ2v) is 4.69. The van der Waals surface area contributed by atoms with E-state index in [0.29, 0.717) is 18.5 Å². The van der Waals surface area contributed by atoms with E-state index in [4.69, 9.17) is 4.74 Å². The fraction of sp³-hybridized carbons (Fsp3) is 0.615. The van der Waals surface area contributed by atoms with Crippen LogP contribution in [0.1, 0.15) is 19.4 Å². The SMILES string of the molecule is CC(C)NCc1ccnc(OCCN(C)C)c1. The van der Waals surface area contributed by atoms with Crippen LogP contribution in [-0.4, -0.2) is 43.2 Å². The van der Waals surface area contributed by atoms with Gasteiger partial charge in [0.25, 0.3) is 0 Å². The normalized spacial score (nSPS) is 11.2. The zero-order valence-corrected chi connectivity index (χ0v) is 11.2. The van der Waals surface area contributed by atoms with E-state index >= 15 is 0 Å². The van der Waals surface area contributed by atoms with Gasteiger partial charge in [0, 0.05) is 31.4 Å². The van der Waals surface area contributed by atoms with Gasteiger partial charge >= 0.3 is 0 Å². The molecule has 1 rings (SSSR count). The van der Waals surface area contributed by atoms with Crippen LogP contribution in [0.4, 0.5) is 0 Å². The molecule has 0 amide bonds. The van der Waals surface area contributed by atoms with Gasteiger partial charge in [-0.05, 0) is 25.7 Å². The summed E-state index contributed by atoms with van der Waals surface area (Å²) < 4.78 is 5.58. The van der Waals surface area contributed by atoms with Crippen molar-refractivity contribution in [2.45, 2.75) is 26.4 Å². The molecule has 1 aromatic rings. The van der Waals surface area contributed by atoms with Gasteiger partial charge in [0.15, 0.2) is 0 Å². The molecule has 4 nitrogen and oxygen atoms in total. The molecule has 1 aromatic heterocycles. The van der Waals surface area contributed by atoms with Crippen LogP contribution in [0.25, 0.3) is 0 Å². The third-order valence-corrected chi connectivity index (χ3v) is 2.30. The molecule has 0 atom stereocenters. The number of hydrogen-bond acceptors (Lipinski definition) is 4. The van der Waals surface area contributed by atoms with Crippen LogP contribution < -0.4 is 10.1 Å². The molecule has 17 heavy (non-hydrogen) atoms. The summed E-state index contributed by atoms with van der Waals surface area (Å²) in [5.74, 6) is 0.704. The average molecular weight is 237 g/mol. The van der Waals surface area contributed by atoms with Gasteiger partial charge in [-0.25, -0.2) is 4.98 Å². The molecule has 0 radical (unpaired) electrons. The Kier molecular flexibility index (Phi) is 5.94.